The van der Waals surface area contributed by atoms with E-state index in [0.29, 0.717) is 24.8 Å². The third-order valence-electron chi connectivity index (χ3n) is 5.31. The van der Waals surface area contributed by atoms with Crippen LogP contribution in [0.15, 0.2) is 30.3 Å². The summed E-state index contributed by atoms with van der Waals surface area (Å²) in [5.74, 6) is 1.86. The first-order valence-corrected chi connectivity index (χ1v) is 10.4. The van der Waals surface area contributed by atoms with E-state index < -0.39 is 0 Å². The summed E-state index contributed by atoms with van der Waals surface area (Å²) >= 11 is 0. The second kappa shape index (κ2) is 8.26. The molecule has 1 atom stereocenters. The molecule has 0 saturated carbocycles. The van der Waals surface area contributed by atoms with Crippen LogP contribution in [0, 0.1) is 20.8 Å². The maximum Gasteiger partial charge on any atom is 0.252 e. The van der Waals surface area contributed by atoms with Crippen molar-refractivity contribution in [3.8, 4) is 11.7 Å². The Hall–Kier alpha value is -3.22. The topological polar surface area (TPSA) is 81.9 Å². The summed E-state index contributed by atoms with van der Waals surface area (Å²) in [4.78, 5) is 21.6. The summed E-state index contributed by atoms with van der Waals surface area (Å²) in [6.07, 6.45) is 2.52. The lowest BCUT2D eigenvalue weighted by atomic mass is 9.86. The number of fused-ring (bicyclic) bond motifs is 1. The monoisotopic (exact) mass is 405 g/mol. The Morgan fingerprint density at radius 3 is 2.50 bits per heavy atom. The van der Waals surface area contributed by atoms with Crippen LogP contribution in [0.25, 0.3) is 5.95 Å². The number of ether oxygens (including phenoxy) is 1. The third-order valence-corrected chi connectivity index (χ3v) is 5.31. The molecule has 7 nitrogen and oxygen atoms in total. The van der Waals surface area contributed by atoms with E-state index in [1.54, 1.807) is 4.68 Å². The highest BCUT2D eigenvalue weighted by Gasteiger charge is 2.33. The lowest BCUT2D eigenvalue weighted by molar-refractivity contribution is -0.116. The average Bonchev–Trinajstić information content (AvgIpc) is 3.04. The Bertz CT molecular complexity index is 1050. The molecule has 30 heavy (non-hydrogen) atoms. The number of aromatic nitrogens is 4. The van der Waals surface area contributed by atoms with E-state index in [1.165, 1.54) is 0 Å². The Morgan fingerprint density at radius 1 is 1.13 bits per heavy atom. The number of aryl methyl sites for hydroxylation is 3. The highest BCUT2D eigenvalue weighted by Crippen LogP contribution is 2.40. The number of carbonyl (C=O) groups excluding carboxylic acids is 1. The summed E-state index contributed by atoms with van der Waals surface area (Å²) in [6.45, 7) is 8.67. The largest absolute Gasteiger partial charge is 0.494 e. The van der Waals surface area contributed by atoms with Gasteiger partial charge in [0.1, 0.15) is 11.6 Å². The zero-order valence-corrected chi connectivity index (χ0v) is 17.9. The average molecular weight is 406 g/mol. The standard InChI is InChI=1S/C23H27N5O2/c1-5-6-11-30-18-9-7-17(8-10-18)19-13-20(29)26-22-21(19)16(4)27-28(22)23-24-14(2)12-15(3)25-23/h7-10,12,19H,5-6,11,13H2,1-4H3,(H,26,29). The predicted octanol–water partition coefficient (Wildman–Crippen LogP) is 4.24. The van der Waals surface area contributed by atoms with Gasteiger partial charge in [-0.3, -0.25) is 4.79 Å². The molecule has 0 saturated heterocycles. The Morgan fingerprint density at radius 2 is 1.83 bits per heavy atom. The van der Waals surface area contributed by atoms with Crippen LogP contribution < -0.4 is 10.1 Å². The van der Waals surface area contributed by atoms with Crippen molar-refractivity contribution in [1.29, 1.82) is 0 Å². The van der Waals surface area contributed by atoms with E-state index in [4.69, 9.17) is 4.74 Å². The van der Waals surface area contributed by atoms with Crippen LogP contribution in [0.2, 0.25) is 0 Å². The number of rotatable bonds is 6. The second-order valence-electron chi connectivity index (χ2n) is 7.79. The summed E-state index contributed by atoms with van der Waals surface area (Å²) in [6, 6.07) is 9.95. The van der Waals surface area contributed by atoms with Crippen molar-refractivity contribution in [2.45, 2.75) is 52.9 Å². The highest BCUT2D eigenvalue weighted by atomic mass is 16.5. The number of nitrogens with one attached hydrogen (secondary N) is 1. The van der Waals surface area contributed by atoms with E-state index >= 15 is 0 Å². The maximum atomic E-state index is 12.6. The van der Waals surface area contributed by atoms with Gasteiger partial charge in [-0.15, -0.1) is 0 Å². The molecule has 156 valence electrons. The maximum absolute atomic E-state index is 12.6. The Labute approximate surface area is 176 Å². The third kappa shape index (κ3) is 3.92. The normalized spacial score (nSPS) is 15.6. The molecule has 7 heteroatoms. The first-order chi connectivity index (χ1) is 14.5. The van der Waals surface area contributed by atoms with Crippen LogP contribution in [0.4, 0.5) is 5.82 Å². The second-order valence-corrected chi connectivity index (χ2v) is 7.79. The van der Waals surface area contributed by atoms with E-state index in [1.807, 2.05) is 51.1 Å². The molecule has 2 aromatic heterocycles. The molecular formula is C23H27N5O2. The van der Waals surface area contributed by atoms with Gasteiger partial charge in [0, 0.05) is 29.3 Å². The van der Waals surface area contributed by atoms with E-state index in [9.17, 15) is 4.79 Å². The van der Waals surface area contributed by atoms with Gasteiger partial charge in [-0.25, -0.2) is 9.97 Å². The van der Waals surface area contributed by atoms with Gasteiger partial charge in [0.05, 0.1) is 12.3 Å². The van der Waals surface area contributed by atoms with Gasteiger partial charge in [-0.2, -0.15) is 9.78 Å². The van der Waals surface area contributed by atoms with Gasteiger partial charge in [-0.1, -0.05) is 25.5 Å². The van der Waals surface area contributed by atoms with Crippen molar-refractivity contribution in [3.05, 3.63) is 58.5 Å². The van der Waals surface area contributed by atoms with Gasteiger partial charge in [-0.05, 0) is 51.0 Å². The van der Waals surface area contributed by atoms with Crippen LogP contribution in [0.1, 0.15) is 60.3 Å². The lowest BCUT2D eigenvalue weighted by Gasteiger charge is -2.24. The quantitative estimate of drug-likeness (QED) is 0.620. The minimum Gasteiger partial charge on any atom is -0.494 e. The number of hydrogen-bond acceptors (Lipinski definition) is 5. The molecule has 0 bridgehead atoms. The fourth-order valence-electron chi connectivity index (χ4n) is 3.91. The van der Waals surface area contributed by atoms with Gasteiger partial charge >= 0.3 is 0 Å². The molecule has 1 amide bonds. The summed E-state index contributed by atoms with van der Waals surface area (Å²) in [7, 11) is 0. The van der Waals surface area contributed by atoms with E-state index in [2.05, 4.69) is 27.3 Å². The Balaban J connectivity index is 1.70. The molecule has 3 aromatic rings. The molecule has 1 aliphatic rings. The zero-order chi connectivity index (χ0) is 21.3. The van der Waals surface area contributed by atoms with E-state index in [-0.39, 0.29) is 11.8 Å². The number of amides is 1. The number of unbranched alkanes of at least 4 members (excludes halogenated alkanes) is 1. The van der Waals surface area contributed by atoms with Crippen molar-refractivity contribution in [2.24, 2.45) is 0 Å². The molecular weight excluding hydrogens is 378 g/mol. The summed E-state index contributed by atoms with van der Waals surface area (Å²) in [5, 5.41) is 7.66. The first kappa shape index (κ1) is 20.1. The van der Waals surface area contributed by atoms with Crippen LogP contribution >= 0.6 is 0 Å². The minimum atomic E-state index is -0.0712. The number of hydrogen-bond donors (Lipinski definition) is 1. The zero-order valence-electron chi connectivity index (χ0n) is 17.9. The molecule has 0 aliphatic carbocycles. The lowest BCUT2D eigenvalue weighted by Crippen LogP contribution is -2.25. The predicted molar refractivity (Wildman–Crippen MR) is 115 cm³/mol. The van der Waals surface area contributed by atoms with Crippen LogP contribution in [0.5, 0.6) is 5.75 Å². The fraction of sp³-hybridized carbons (Fsp3) is 0.391. The van der Waals surface area contributed by atoms with Gasteiger partial charge in [0.2, 0.25) is 5.91 Å². The summed E-state index contributed by atoms with van der Waals surface area (Å²) in [5.41, 5.74) is 4.66. The molecule has 1 aliphatic heterocycles. The molecule has 1 N–H and O–H groups in total. The van der Waals surface area contributed by atoms with Crippen molar-refractivity contribution < 1.29 is 9.53 Å². The van der Waals surface area contributed by atoms with Crippen molar-refractivity contribution in [2.75, 3.05) is 11.9 Å². The number of nitrogens with zero attached hydrogens (tertiary/aromatic N) is 4. The molecule has 4 rings (SSSR count). The first-order valence-electron chi connectivity index (χ1n) is 10.4. The van der Waals surface area contributed by atoms with Crippen molar-refractivity contribution in [1.82, 2.24) is 19.7 Å². The molecule has 0 spiro atoms. The van der Waals surface area contributed by atoms with E-state index in [0.717, 1.165) is 46.8 Å². The molecule has 0 radical (unpaired) electrons. The molecule has 0 fully saturated rings. The minimum absolute atomic E-state index is 0.0405. The molecule has 1 unspecified atom stereocenters. The van der Waals surface area contributed by atoms with Crippen molar-refractivity contribution in [3.63, 3.8) is 0 Å². The molecule has 3 heterocycles. The number of carbonyl (C=O) groups is 1. The number of benzene rings is 1. The van der Waals surface area contributed by atoms with Crippen molar-refractivity contribution >= 4 is 11.7 Å². The van der Waals surface area contributed by atoms with Crippen LogP contribution in [0.3, 0.4) is 0 Å². The molecule has 1 aromatic carbocycles. The van der Waals surface area contributed by atoms with Gasteiger partial charge < -0.3 is 10.1 Å². The smallest absolute Gasteiger partial charge is 0.252 e. The number of anilines is 1. The van der Waals surface area contributed by atoms with Gasteiger partial charge in [0.15, 0.2) is 0 Å². The SMILES string of the molecule is CCCCOc1ccc(C2CC(=O)Nc3c2c(C)nn3-c2nc(C)cc(C)n2)cc1. The highest BCUT2D eigenvalue weighted by molar-refractivity contribution is 5.95. The Kier molecular flexibility index (Phi) is 5.53. The van der Waals surface area contributed by atoms with Gasteiger partial charge in [0.25, 0.3) is 5.95 Å². The van der Waals surface area contributed by atoms with Crippen LogP contribution in [-0.2, 0) is 4.79 Å². The summed E-state index contributed by atoms with van der Waals surface area (Å²) < 4.78 is 7.42. The fourth-order valence-corrected chi connectivity index (χ4v) is 3.91. The van der Waals surface area contributed by atoms with Crippen LogP contribution in [-0.4, -0.2) is 32.3 Å².